The van der Waals surface area contributed by atoms with Gasteiger partial charge in [-0.15, -0.1) is 0 Å². The fourth-order valence-corrected chi connectivity index (χ4v) is 4.65. The maximum absolute atomic E-state index is 13.4. The molecular weight excluding hydrogens is 414 g/mol. The first kappa shape index (κ1) is 22.8. The molecule has 33 heavy (non-hydrogen) atoms. The largest absolute Gasteiger partial charge is 0.361 e. The number of benzene rings is 2. The molecule has 2 amide bonds. The van der Waals surface area contributed by atoms with E-state index in [9.17, 15) is 9.59 Å². The summed E-state index contributed by atoms with van der Waals surface area (Å²) >= 11 is 0. The van der Waals surface area contributed by atoms with Crippen LogP contribution in [0.3, 0.4) is 0 Å². The van der Waals surface area contributed by atoms with Gasteiger partial charge in [0, 0.05) is 19.1 Å². The minimum absolute atomic E-state index is 0.00121. The van der Waals surface area contributed by atoms with Crippen molar-refractivity contribution in [3.63, 3.8) is 0 Å². The molecule has 0 spiro atoms. The number of aryl methyl sites for hydroxylation is 2. The summed E-state index contributed by atoms with van der Waals surface area (Å²) in [5.41, 5.74) is 3.79. The van der Waals surface area contributed by atoms with Gasteiger partial charge in [-0.2, -0.15) is 0 Å². The number of amides is 2. The molecule has 1 N–H and O–H groups in total. The Hall–Kier alpha value is -3.41. The van der Waals surface area contributed by atoms with Crippen LogP contribution in [0.2, 0.25) is 0 Å². The van der Waals surface area contributed by atoms with Crippen molar-refractivity contribution in [3.8, 4) is 11.1 Å². The Bertz CT molecular complexity index is 1120. The molecule has 1 fully saturated rings. The first-order valence-corrected chi connectivity index (χ1v) is 11.5. The van der Waals surface area contributed by atoms with E-state index in [1.54, 1.807) is 18.7 Å². The van der Waals surface area contributed by atoms with E-state index >= 15 is 0 Å². The van der Waals surface area contributed by atoms with Crippen molar-refractivity contribution in [2.75, 3.05) is 13.1 Å². The van der Waals surface area contributed by atoms with Gasteiger partial charge in [-0.05, 0) is 57.2 Å². The van der Waals surface area contributed by atoms with E-state index in [1.807, 2.05) is 32.0 Å². The van der Waals surface area contributed by atoms with Crippen molar-refractivity contribution in [1.29, 1.82) is 0 Å². The predicted molar refractivity (Wildman–Crippen MR) is 128 cm³/mol. The Balaban J connectivity index is 1.58. The highest BCUT2D eigenvalue weighted by atomic mass is 16.5. The summed E-state index contributed by atoms with van der Waals surface area (Å²) in [6.45, 7) is 8.33. The number of nitrogens with zero attached hydrogens (tertiary/aromatic N) is 2. The third kappa shape index (κ3) is 4.70. The van der Waals surface area contributed by atoms with Crippen LogP contribution in [0.1, 0.15) is 47.6 Å². The van der Waals surface area contributed by atoms with Gasteiger partial charge in [0.25, 0.3) is 5.91 Å². The molecule has 2 aromatic carbocycles. The normalized spacial score (nSPS) is 18.0. The lowest BCUT2D eigenvalue weighted by atomic mass is 9.79. The minimum atomic E-state index is -0.673. The van der Waals surface area contributed by atoms with Crippen LogP contribution >= 0.6 is 0 Å². The van der Waals surface area contributed by atoms with Gasteiger partial charge >= 0.3 is 0 Å². The molecule has 0 saturated carbocycles. The standard InChI is InChI=1S/C27H31N3O3/c1-18(2)28-26(32)27(14-15-30(17-27)25(31)24-19(3)29-33-20(24)4)16-21-10-12-23(13-11-21)22-8-6-5-7-9-22/h5-13,18H,14-17H2,1-4H3,(H,28,32)/t27-/m0/s1. The second kappa shape index (κ2) is 9.22. The van der Waals surface area contributed by atoms with Gasteiger partial charge in [-0.3, -0.25) is 9.59 Å². The van der Waals surface area contributed by atoms with E-state index in [-0.39, 0.29) is 17.9 Å². The van der Waals surface area contributed by atoms with Gasteiger partial charge in [0.15, 0.2) is 0 Å². The fraction of sp³-hybridized carbons (Fsp3) is 0.370. The van der Waals surface area contributed by atoms with Crippen LogP contribution in [-0.2, 0) is 11.2 Å². The Labute approximate surface area is 195 Å². The predicted octanol–water partition coefficient (Wildman–Crippen LogP) is 4.56. The lowest BCUT2D eigenvalue weighted by Crippen LogP contribution is -2.47. The van der Waals surface area contributed by atoms with Crippen LogP contribution in [-0.4, -0.2) is 41.0 Å². The van der Waals surface area contributed by atoms with Gasteiger partial charge in [0.1, 0.15) is 11.3 Å². The molecule has 1 saturated heterocycles. The molecular formula is C27H31N3O3. The smallest absolute Gasteiger partial charge is 0.259 e. The van der Waals surface area contributed by atoms with Crippen molar-refractivity contribution >= 4 is 11.8 Å². The Morgan fingerprint density at radius 3 is 2.33 bits per heavy atom. The van der Waals surface area contributed by atoms with Crippen LogP contribution in [0.25, 0.3) is 11.1 Å². The number of nitrogens with one attached hydrogen (secondary N) is 1. The monoisotopic (exact) mass is 445 g/mol. The molecule has 6 nitrogen and oxygen atoms in total. The highest BCUT2D eigenvalue weighted by Gasteiger charge is 2.46. The third-order valence-corrected chi connectivity index (χ3v) is 6.39. The van der Waals surface area contributed by atoms with Gasteiger partial charge in [0.05, 0.1) is 11.1 Å². The van der Waals surface area contributed by atoms with Crippen molar-refractivity contribution in [1.82, 2.24) is 15.4 Å². The van der Waals surface area contributed by atoms with Crippen LogP contribution < -0.4 is 5.32 Å². The second-order valence-corrected chi connectivity index (χ2v) is 9.32. The maximum atomic E-state index is 13.4. The number of hydrogen-bond donors (Lipinski definition) is 1. The molecule has 6 heteroatoms. The van der Waals surface area contributed by atoms with E-state index in [4.69, 9.17) is 4.52 Å². The van der Waals surface area contributed by atoms with Crippen molar-refractivity contribution in [2.24, 2.45) is 5.41 Å². The summed E-state index contributed by atoms with van der Waals surface area (Å²) in [4.78, 5) is 28.4. The number of aromatic nitrogens is 1. The zero-order valence-electron chi connectivity index (χ0n) is 19.7. The average molecular weight is 446 g/mol. The van der Waals surface area contributed by atoms with Crippen LogP contribution in [0.15, 0.2) is 59.1 Å². The SMILES string of the molecule is Cc1noc(C)c1C(=O)N1CC[C@@](Cc2ccc(-c3ccccc3)cc2)(C(=O)NC(C)C)C1. The van der Waals surface area contributed by atoms with Crippen molar-refractivity contribution < 1.29 is 14.1 Å². The summed E-state index contributed by atoms with van der Waals surface area (Å²) < 4.78 is 5.19. The summed E-state index contributed by atoms with van der Waals surface area (Å²) in [5.74, 6) is 0.390. The fourth-order valence-electron chi connectivity index (χ4n) is 4.65. The van der Waals surface area contributed by atoms with E-state index in [0.717, 1.165) is 16.7 Å². The zero-order valence-corrected chi connectivity index (χ0v) is 19.7. The third-order valence-electron chi connectivity index (χ3n) is 6.39. The maximum Gasteiger partial charge on any atom is 0.259 e. The van der Waals surface area contributed by atoms with Gasteiger partial charge < -0.3 is 14.7 Å². The van der Waals surface area contributed by atoms with Crippen molar-refractivity contribution in [3.05, 3.63) is 77.2 Å². The molecule has 0 unspecified atom stereocenters. The van der Waals surface area contributed by atoms with Crippen LogP contribution in [0, 0.1) is 19.3 Å². The average Bonchev–Trinajstić information content (AvgIpc) is 3.38. The molecule has 1 aliphatic rings. The lowest BCUT2D eigenvalue weighted by Gasteiger charge is -2.29. The molecule has 2 heterocycles. The van der Waals surface area contributed by atoms with Gasteiger partial charge in [-0.1, -0.05) is 59.8 Å². The molecule has 1 aromatic heterocycles. The van der Waals surface area contributed by atoms with E-state index in [0.29, 0.717) is 42.9 Å². The van der Waals surface area contributed by atoms with E-state index in [1.165, 1.54) is 0 Å². The lowest BCUT2D eigenvalue weighted by molar-refractivity contribution is -0.130. The van der Waals surface area contributed by atoms with E-state index < -0.39 is 5.41 Å². The Morgan fingerprint density at radius 2 is 1.73 bits per heavy atom. The molecule has 0 bridgehead atoms. The first-order chi connectivity index (χ1) is 15.8. The number of hydrogen-bond acceptors (Lipinski definition) is 4. The number of rotatable bonds is 6. The second-order valence-electron chi connectivity index (χ2n) is 9.32. The molecule has 1 atom stereocenters. The quantitative estimate of drug-likeness (QED) is 0.604. The topological polar surface area (TPSA) is 75.4 Å². The van der Waals surface area contributed by atoms with Crippen LogP contribution in [0.5, 0.6) is 0 Å². The zero-order chi connectivity index (χ0) is 23.6. The summed E-state index contributed by atoms with van der Waals surface area (Å²) in [5, 5.41) is 7.01. The molecule has 0 radical (unpaired) electrons. The molecule has 172 valence electrons. The van der Waals surface area contributed by atoms with Gasteiger partial charge in [0.2, 0.25) is 5.91 Å². The van der Waals surface area contributed by atoms with Crippen molar-refractivity contribution in [2.45, 2.75) is 46.6 Å². The Morgan fingerprint density at radius 1 is 1.06 bits per heavy atom. The summed E-state index contributed by atoms with van der Waals surface area (Å²) in [6.07, 6.45) is 1.19. The summed E-state index contributed by atoms with van der Waals surface area (Å²) in [7, 11) is 0. The molecule has 0 aliphatic carbocycles. The Kier molecular flexibility index (Phi) is 6.36. The molecule has 3 aromatic rings. The van der Waals surface area contributed by atoms with E-state index in [2.05, 4.69) is 46.9 Å². The number of carbonyl (C=O) groups is 2. The highest BCUT2D eigenvalue weighted by Crippen LogP contribution is 2.36. The molecule has 1 aliphatic heterocycles. The number of likely N-dealkylation sites (tertiary alicyclic amines) is 1. The highest BCUT2D eigenvalue weighted by molar-refractivity contribution is 5.97. The number of carbonyl (C=O) groups excluding carboxylic acids is 2. The van der Waals surface area contributed by atoms with Crippen LogP contribution in [0.4, 0.5) is 0 Å². The minimum Gasteiger partial charge on any atom is -0.361 e. The van der Waals surface area contributed by atoms with Gasteiger partial charge in [-0.25, -0.2) is 0 Å². The first-order valence-electron chi connectivity index (χ1n) is 11.5. The molecule has 4 rings (SSSR count). The summed E-state index contributed by atoms with van der Waals surface area (Å²) in [6, 6.07) is 18.6.